The third-order valence-electron chi connectivity index (χ3n) is 3.40. The Balaban J connectivity index is 1.94. The minimum atomic E-state index is -0.844. The molecule has 0 radical (unpaired) electrons. The first-order valence-electron chi connectivity index (χ1n) is 6.09. The minimum absolute atomic E-state index is 0.175. The van der Waals surface area contributed by atoms with E-state index < -0.39 is 5.60 Å². The van der Waals surface area contributed by atoms with Gasteiger partial charge in [0.25, 0.3) is 0 Å². The highest BCUT2D eigenvalue weighted by Gasteiger charge is 2.38. The van der Waals surface area contributed by atoms with E-state index in [-0.39, 0.29) is 6.61 Å². The van der Waals surface area contributed by atoms with Crippen LogP contribution in [0.3, 0.4) is 0 Å². The van der Waals surface area contributed by atoms with Crippen LogP contribution in [-0.4, -0.2) is 39.6 Å². The van der Waals surface area contributed by atoms with E-state index in [1.807, 2.05) is 22.8 Å². The Morgan fingerprint density at radius 3 is 2.89 bits per heavy atom. The maximum Gasteiger partial charge on any atom is 0.136 e. The number of aliphatic hydroxyl groups excluding tert-OH is 1. The van der Waals surface area contributed by atoms with Gasteiger partial charge in [0.05, 0.1) is 30.6 Å². The Hall–Kier alpha value is -1.43. The van der Waals surface area contributed by atoms with Gasteiger partial charge in [-0.3, -0.25) is 0 Å². The summed E-state index contributed by atoms with van der Waals surface area (Å²) >= 11 is 0. The van der Waals surface area contributed by atoms with Crippen LogP contribution in [0, 0.1) is 0 Å². The van der Waals surface area contributed by atoms with Crippen LogP contribution in [0.1, 0.15) is 12.0 Å². The van der Waals surface area contributed by atoms with Crippen LogP contribution in [0.4, 0.5) is 0 Å². The first kappa shape index (κ1) is 11.6. The standard InChI is InChI=1S/C13H16N2O3/c16-5-1-4-15-9-14-11-6-10(2-3-12(11)15)13(17)7-18-8-13/h2-3,6,9,16-17H,1,4-5,7-8H2. The first-order valence-corrected chi connectivity index (χ1v) is 6.09. The smallest absolute Gasteiger partial charge is 0.136 e. The zero-order chi connectivity index (χ0) is 12.6. The van der Waals surface area contributed by atoms with Crippen LogP contribution in [0.15, 0.2) is 24.5 Å². The molecule has 96 valence electrons. The molecular formula is C13H16N2O3. The number of hydrogen-bond donors (Lipinski definition) is 2. The molecule has 0 bridgehead atoms. The number of benzene rings is 1. The van der Waals surface area contributed by atoms with Gasteiger partial charge in [0, 0.05) is 13.2 Å². The van der Waals surface area contributed by atoms with Crippen LogP contribution in [0.2, 0.25) is 0 Å². The number of hydrogen-bond acceptors (Lipinski definition) is 4. The van der Waals surface area contributed by atoms with Crippen molar-refractivity contribution in [2.45, 2.75) is 18.6 Å². The molecule has 5 heteroatoms. The van der Waals surface area contributed by atoms with Crippen LogP contribution < -0.4 is 0 Å². The predicted octanol–water partition coefficient (Wildman–Crippen LogP) is 0.636. The van der Waals surface area contributed by atoms with Crippen molar-refractivity contribution in [3.8, 4) is 0 Å². The van der Waals surface area contributed by atoms with Gasteiger partial charge in [0.15, 0.2) is 0 Å². The van der Waals surface area contributed by atoms with E-state index >= 15 is 0 Å². The first-order chi connectivity index (χ1) is 8.73. The lowest BCUT2D eigenvalue weighted by Gasteiger charge is -2.36. The molecule has 1 aromatic carbocycles. The summed E-state index contributed by atoms with van der Waals surface area (Å²) in [5.74, 6) is 0. The number of aromatic nitrogens is 2. The predicted molar refractivity (Wildman–Crippen MR) is 66.2 cm³/mol. The topological polar surface area (TPSA) is 67.5 Å². The molecule has 0 unspecified atom stereocenters. The summed E-state index contributed by atoms with van der Waals surface area (Å²) in [6, 6.07) is 5.79. The summed E-state index contributed by atoms with van der Waals surface area (Å²) in [4.78, 5) is 4.33. The highest BCUT2D eigenvalue weighted by molar-refractivity contribution is 5.76. The molecule has 0 atom stereocenters. The molecule has 2 N–H and O–H groups in total. The van der Waals surface area contributed by atoms with Gasteiger partial charge >= 0.3 is 0 Å². The van der Waals surface area contributed by atoms with Crippen molar-refractivity contribution in [2.24, 2.45) is 0 Å². The average Bonchev–Trinajstić information content (AvgIpc) is 2.75. The van der Waals surface area contributed by atoms with Gasteiger partial charge in [-0.2, -0.15) is 0 Å². The number of nitrogens with zero attached hydrogens (tertiary/aromatic N) is 2. The number of rotatable bonds is 4. The molecule has 2 heterocycles. The van der Waals surface area contributed by atoms with Gasteiger partial charge in [-0.15, -0.1) is 0 Å². The van der Waals surface area contributed by atoms with Crippen molar-refractivity contribution in [1.82, 2.24) is 9.55 Å². The van der Waals surface area contributed by atoms with Crippen molar-refractivity contribution in [1.29, 1.82) is 0 Å². The average molecular weight is 248 g/mol. The highest BCUT2D eigenvalue weighted by atomic mass is 16.5. The van der Waals surface area contributed by atoms with E-state index in [0.29, 0.717) is 19.6 Å². The maximum atomic E-state index is 10.2. The van der Waals surface area contributed by atoms with Crippen molar-refractivity contribution < 1.29 is 14.9 Å². The summed E-state index contributed by atoms with van der Waals surface area (Å²) in [7, 11) is 0. The summed E-state index contributed by atoms with van der Waals surface area (Å²) < 4.78 is 7.07. The second-order valence-electron chi connectivity index (χ2n) is 4.74. The molecule has 0 amide bonds. The van der Waals surface area contributed by atoms with Crippen molar-refractivity contribution >= 4 is 11.0 Å². The second kappa shape index (κ2) is 4.35. The Kier molecular flexibility index (Phi) is 2.81. The number of ether oxygens (including phenoxy) is 1. The fraction of sp³-hybridized carbons (Fsp3) is 0.462. The number of aliphatic hydroxyl groups is 2. The maximum absolute atomic E-state index is 10.2. The third-order valence-corrected chi connectivity index (χ3v) is 3.40. The zero-order valence-electron chi connectivity index (χ0n) is 10.0. The summed E-state index contributed by atoms with van der Waals surface area (Å²) in [6.07, 6.45) is 2.48. The molecule has 18 heavy (non-hydrogen) atoms. The van der Waals surface area contributed by atoms with E-state index in [4.69, 9.17) is 9.84 Å². The fourth-order valence-electron chi connectivity index (χ4n) is 2.23. The molecule has 5 nitrogen and oxygen atoms in total. The van der Waals surface area contributed by atoms with E-state index in [2.05, 4.69) is 4.98 Å². The molecular weight excluding hydrogens is 232 g/mol. The molecule has 0 saturated carbocycles. The minimum Gasteiger partial charge on any atom is -0.396 e. The summed E-state index contributed by atoms with van der Waals surface area (Å²) in [6.45, 7) is 1.63. The number of imidazole rings is 1. The highest BCUT2D eigenvalue weighted by Crippen LogP contribution is 2.31. The molecule has 1 aliphatic rings. The van der Waals surface area contributed by atoms with Crippen LogP contribution >= 0.6 is 0 Å². The van der Waals surface area contributed by atoms with Crippen LogP contribution in [0.5, 0.6) is 0 Å². The molecule has 1 aromatic heterocycles. The molecule has 1 aliphatic heterocycles. The lowest BCUT2D eigenvalue weighted by Crippen LogP contribution is -2.46. The summed E-state index contributed by atoms with van der Waals surface area (Å²) in [5, 5.41) is 19.0. The second-order valence-corrected chi connectivity index (χ2v) is 4.74. The van der Waals surface area contributed by atoms with Gasteiger partial charge in [-0.25, -0.2) is 4.98 Å². The monoisotopic (exact) mass is 248 g/mol. The van der Waals surface area contributed by atoms with E-state index in [9.17, 15) is 5.11 Å². The quantitative estimate of drug-likeness (QED) is 0.833. The van der Waals surface area contributed by atoms with Gasteiger partial charge in [0.1, 0.15) is 5.60 Å². The van der Waals surface area contributed by atoms with E-state index in [1.165, 1.54) is 0 Å². The van der Waals surface area contributed by atoms with Crippen molar-refractivity contribution in [2.75, 3.05) is 19.8 Å². The number of fused-ring (bicyclic) bond motifs is 1. The Labute approximate surface area is 105 Å². The SMILES string of the molecule is OCCCn1cnc2cc(C3(O)COC3)ccc21. The van der Waals surface area contributed by atoms with Gasteiger partial charge < -0.3 is 19.5 Å². The molecule has 3 rings (SSSR count). The van der Waals surface area contributed by atoms with Crippen molar-refractivity contribution in [3.63, 3.8) is 0 Å². The Bertz CT molecular complexity index is 560. The normalized spacial score (nSPS) is 17.9. The fourth-order valence-corrected chi connectivity index (χ4v) is 2.23. The molecule has 0 spiro atoms. The molecule has 1 fully saturated rings. The van der Waals surface area contributed by atoms with Crippen LogP contribution in [0.25, 0.3) is 11.0 Å². The molecule has 0 aliphatic carbocycles. The molecule has 2 aromatic rings. The lowest BCUT2D eigenvalue weighted by molar-refractivity contribution is -0.184. The number of aryl methyl sites for hydroxylation is 1. The largest absolute Gasteiger partial charge is 0.396 e. The zero-order valence-corrected chi connectivity index (χ0v) is 10.0. The van der Waals surface area contributed by atoms with Crippen LogP contribution in [-0.2, 0) is 16.9 Å². The van der Waals surface area contributed by atoms with Crippen molar-refractivity contribution in [3.05, 3.63) is 30.1 Å². The Morgan fingerprint density at radius 1 is 1.39 bits per heavy atom. The molecule has 1 saturated heterocycles. The van der Waals surface area contributed by atoms with E-state index in [1.54, 1.807) is 6.33 Å². The Morgan fingerprint density at radius 2 is 2.22 bits per heavy atom. The lowest BCUT2D eigenvalue weighted by atomic mass is 9.92. The van der Waals surface area contributed by atoms with Gasteiger partial charge in [-0.1, -0.05) is 6.07 Å². The summed E-state index contributed by atoms with van der Waals surface area (Å²) in [5.41, 5.74) is 1.90. The van der Waals surface area contributed by atoms with E-state index in [0.717, 1.165) is 23.1 Å². The van der Waals surface area contributed by atoms with Gasteiger partial charge in [0.2, 0.25) is 0 Å². The van der Waals surface area contributed by atoms with Gasteiger partial charge in [-0.05, 0) is 24.1 Å². The third kappa shape index (κ3) is 1.80.